The van der Waals surface area contributed by atoms with E-state index in [-0.39, 0.29) is 14.9 Å². The van der Waals surface area contributed by atoms with Crippen molar-refractivity contribution in [2.45, 2.75) is 18.7 Å². The third-order valence-electron chi connectivity index (χ3n) is 2.94. The van der Waals surface area contributed by atoms with Gasteiger partial charge in [-0.25, -0.2) is 8.42 Å². The minimum Gasteiger partial charge on any atom is -0.490 e. The standard InChI is InChI=1S/C16H17Cl2NO4S/c1-3-22-15-6-5-13(10-16(15)23-4-2)19-24(20,21)14-8-11(17)7-12(18)9-14/h5-10,19H,3-4H2,1-2H3. The van der Waals surface area contributed by atoms with Gasteiger partial charge in [0, 0.05) is 16.1 Å². The summed E-state index contributed by atoms with van der Waals surface area (Å²) in [6.07, 6.45) is 0. The van der Waals surface area contributed by atoms with E-state index < -0.39 is 10.0 Å². The Hall–Kier alpha value is -1.63. The van der Waals surface area contributed by atoms with Gasteiger partial charge in [0.2, 0.25) is 0 Å². The molecule has 2 aromatic carbocycles. The summed E-state index contributed by atoms with van der Waals surface area (Å²) in [6, 6.07) is 8.93. The quantitative estimate of drug-likeness (QED) is 0.751. The molecule has 0 atom stereocenters. The molecule has 0 aromatic heterocycles. The van der Waals surface area contributed by atoms with E-state index in [0.29, 0.717) is 30.4 Å². The molecule has 24 heavy (non-hydrogen) atoms. The molecular weight excluding hydrogens is 373 g/mol. The van der Waals surface area contributed by atoms with E-state index in [2.05, 4.69) is 4.72 Å². The number of hydrogen-bond donors (Lipinski definition) is 1. The van der Waals surface area contributed by atoms with Crippen LogP contribution in [0, 0.1) is 0 Å². The highest BCUT2D eigenvalue weighted by atomic mass is 35.5. The Morgan fingerprint density at radius 1 is 0.917 bits per heavy atom. The van der Waals surface area contributed by atoms with Gasteiger partial charge in [0.25, 0.3) is 10.0 Å². The number of benzene rings is 2. The van der Waals surface area contributed by atoms with Gasteiger partial charge in [-0.05, 0) is 44.2 Å². The second-order valence-electron chi connectivity index (χ2n) is 4.74. The van der Waals surface area contributed by atoms with Crippen molar-refractivity contribution in [2.75, 3.05) is 17.9 Å². The Bertz CT molecular complexity index is 805. The summed E-state index contributed by atoms with van der Waals surface area (Å²) in [4.78, 5) is -0.0214. The monoisotopic (exact) mass is 389 g/mol. The first-order valence-electron chi connectivity index (χ1n) is 7.24. The molecule has 0 spiro atoms. The summed E-state index contributed by atoms with van der Waals surface area (Å²) in [5.74, 6) is 1.01. The first-order valence-corrected chi connectivity index (χ1v) is 9.48. The molecule has 0 aliphatic rings. The Kier molecular flexibility index (Phi) is 6.21. The largest absolute Gasteiger partial charge is 0.490 e. The van der Waals surface area contributed by atoms with Crippen LogP contribution in [-0.2, 0) is 10.0 Å². The average molecular weight is 390 g/mol. The van der Waals surface area contributed by atoms with E-state index in [1.165, 1.54) is 18.2 Å². The molecule has 0 saturated heterocycles. The third-order valence-corrected chi connectivity index (χ3v) is 4.74. The van der Waals surface area contributed by atoms with E-state index in [9.17, 15) is 8.42 Å². The van der Waals surface area contributed by atoms with Crippen LogP contribution in [0.3, 0.4) is 0 Å². The van der Waals surface area contributed by atoms with Gasteiger partial charge in [-0.3, -0.25) is 4.72 Å². The first kappa shape index (κ1) is 18.7. The van der Waals surface area contributed by atoms with Crippen molar-refractivity contribution in [3.63, 3.8) is 0 Å². The highest BCUT2D eigenvalue weighted by Crippen LogP contribution is 2.32. The number of hydrogen-bond acceptors (Lipinski definition) is 4. The summed E-state index contributed by atoms with van der Waals surface area (Å²) in [5, 5.41) is 0.481. The highest BCUT2D eigenvalue weighted by molar-refractivity contribution is 7.92. The second-order valence-corrected chi connectivity index (χ2v) is 7.29. The summed E-state index contributed by atoms with van der Waals surface area (Å²) in [5.41, 5.74) is 0.345. The minimum absolute atomic E-state index is 0.0214. The van der Waals surface area contributed by atoms with Crippen LogP contribution in [0.1, 0.15) is 13.8 Å². The lowest BCUT2D eigenvalue weighted by Gasteiger charge is -2.14. The molecule has 0 saturated carbocycles. The number of sulfonamides is 1. The fourth-order valence-corrected chi connectivity index (χ4v) is 3.79. The Morgan fingerprint density at radius 2 is 1.50 bits per heavy atom. The molecule has 1 N–H and O–H groups in total. The maximum Gasteiger partial charge on any atom is 0.261 e. The molecule has 0 fully saturated rings. The lowest BCUT2D eigenvalue weighted by molar-refractivity contribution is 0.288. The van der Waals surface area contributed by atoms with Gasteiger partial charge >= 0.3 is 0 Å². The lowest BCUT2D eigenvalue weighted by Crippen LogP contribution is -2.13. The SMILES string of the molecule is CCOc1ccc(NS(=O)(=O)c2cc(Cl)cc(Cl)c2)cc1OCC. The normalized spacial score (nSPS) is 11.2. The summed E-state index contributed by atoms with van der Waals surface area (Å²) in [6.45, 7) is 4.60. The first-order chi connectivity index (χ1) is 11.4. The van der Waals surface area contributed by atoms with Crippen molar-refractivity contribution >= 4 is 38.9 Å². The maximum absolute atomic E-state index is 12.5. The molecule has 0 aliphatic heterocycles. The molecule has 5 nitrogen and oxygen atoms in total. The fourth-order valence-electron chi connectivity index (χ4n) is 2.01. The van der Waals surface area contributed by atoms with Gasteiger partial charge in [-0.2, -0.15) is 0 Å². The smallest absolute Gasteiger partial charge is 0.261 e. The van der Waals surface area contributed by atoms with Crippen LogP contribution in [0.25, 0.3) is 0 Å². The maximum atomic E-state index is 12.5. The summed E-state index contributed by atoms with van der Waals surface area (Å²) in [7, 11) is -3.83. The van der Waals surface area contributed by atoms with Crippen LogP contribution in [0.2, 0.25) is 10.0 Å². The molecule has 2 rings (SSSR count). The van der Waals surface area contributed by atoms with Gasteiger partial charge in [0.05, 0.1) is 23.8 Å². The fraction of sp³-hybridized carbons (Fsp3) is 0.250. The van der Waals surface area contributed by atoms with Crippen LogP contribution >= 0.6 is 23.2 Å². The molecule has 0 radical (unpaired) electrons. The van der Waals surface area contributed by atoms with Crippen LogP contribution < -0.4 is 14.2 Å². The predicted octanol–water partition coefficient (Wildman–Crippen LogP) is 4.59. The summed E-state index contributed by atoms with van der Waals surface area (Å²) < 4.78 is 38.4. The molecule has 0 unspecified atom stereocenters. The Labute approximate surface area is 151 Å². The van der Waals surface area contributed by atoms with Gasteiger partial charge in [-0.1, -0.05) is 23.2 Å². The van der Waals surface area contributed by atoms with Gasteiger partial charge in [0.1, 0.15) is 0 Å². The Balaban J connectivity index is 2.33. The van der Waals surface area contributed by atoms with Crippen LogP contribution in [0.4, 0.5) is 5.69 Å². The number of anilines is 1. The number of halogens is 2. The highest BCUT2D eigenvalue weighted by Gasteiger charge is 2.17. The van der Waals surface area contributed by atoms with Crippen molar-refractivity contribution in [1.82, 2.24) is 0 Å². The number of ether oxygens (including phenoxy) is 2. The topological polar surface area (TPSA) is 64.6 Å². The zero-order valence-electron chi connectivity index (χ0n) is 13.2. The van der Waals surface area contributed by atoms with Gasteiger partial charge in [0.15, 0.2) is 11.5 Å². The lowest BCUT2D eigenvalue weighted by atomic mass is 10.3. The predicted molar refractivity (Wildman–Crippen MR) is 96.1 cm³/mol. The average Bonchev–Trinajstić information content (AvgIpc) is 2.49. The molecule has 2 aromatic rings. The van der Waals surface area contributed by atoms with Crippen molar-refractivity contribution in [3.8, 4) is 11.5 Å². The summed E-state index contributed by atoms with van der Waals surface area (Å²) >= 11 is 11.7. The zero-order chi connectivity index (χ0) is 17.7. The second kappa shape index (κ2) is 7.96. The van der Waals surface area contributed by atoms with E-state index in [4.69, 9.17) is 32.7 Å². The molecule has 0 aliphatic carbocycles. The van der Waals surface area contributed by atoms with Crippen molar-refractivity contribution in [3.05, 3.63) is 46.4 Å². The van der Waals surface area contributed by atoms with Crippen LogP contribution in [0.15, 0.2) is 41.3 Å². The van der Waals surface area contributed by atoms with E-state index >= 15 is 0 Å². The third kappa shape index (κ3) is 4.69. The van der Waals surface area contributed by atoms with Crippen LogP contribution in [-0.4, -0.2) is 21.6 Å². The Morgan fingerprint density at radius 3 is 2.08 bits per heavy atom. The number of nitrogens with one attached hydrogen (secondary N) is 1. The van der Waals surface area contributed by atoms with Crippen molar-refractivity contribution in [1.29, 1.82) is 0 Å². The molecule has 8 heteroatoms. The molecule has 0 heterocycles. The van der Waals surface area contributed by atoms with Gasteiger partial charge in [-0.15, -0.1) is 0 Å². The number of rotatable bonds is 7. The van der Waals surface area contributed by atoms with Crippen LogP contribution in [0.5, 0.6) is 11.5 Å². The molecule has 130 valence electrons. The van der Waals surface area contributed by atoms with Gasteiger partial charge < -0.3 is 9.47 Å². The zero-order valence-corrected chi connectivity index (χ0v) is 15.5. The molecule has 0 amide bonds. The molecular formula is C16H17Cl2NO4S. The molecule has 0 bridgehead atoms. The minimum atomic E-state index is -3.83. The van der Waals surface area contributed by atoms with E-state index in [1.807, 2.05) is 13.8 Å². The van der Waals surface area contributed by atoms with E-state index in [0.717, 1.165) is 0 Å². The van der Waals surface area contributed by atoms with Crippen molar-refractivity contribution in [2.24, 2.45) is 0 Å². The van der Waals surface area contributed by atoms with Crippen molar-refractivity contribution < 1.29 is 17.9 Å². The van der Waals surface area contributed by atoms with E-state index in [1.54, 1.807) is 18.2 Å².